The summed E-state index contributed by atoms with van der Waals surface area (Å²) >= 11 is 0. The smallest absolute Gasteiger partial charge is 0.457 e. The second-order valence-corrected chi connectivity index (χ2v) is 22.9. The van der Waals surface area contributed by atoms with Crippen molar-refractivity contribution >= 4 is 50.6 Å². The van der Waals surface area contributed by atoms with Crippen LogP contribution in [0.2, 0.25) is 0 Å². The zero-order chi connectivity index (χ0) is 48.6. The van der Waals surface area contributed by atoms with Crippen LogP contribution in [0.25, 0.3) is 49.9 Å². The number of pyridine rings is 1. The maximum absolute atomic E-state index is 6.91. The third-order valence-electron chi connectivity index (χ3n) is 13.6. The molecule has 0 amide bonds. The van der Waals surface area contributed by atoms with Gasteiger partial charge in [0.15, 0.2) is 0 Å². The van der Waals surface area contributed by atoms with E-state index in [0.29, 0.717) is 0 Å². The summed E-state index contributed by atoms with van der Waals surface area (Å²) in [5.74, 6) is 2.35. The van der Waals surface area contributed by atoms with Crippen molar-refractivity contribution in [3.63, 3.8) is 0 Å². The summed E-state index contributed by atoms with van der Waals surface area (Å²) in [6.07, 6.45) is 1.93. The number of hydrogen-bond donors (Lipinski definition) is 0. The minimum absolute atomic E-state index is 0.00144. The van der Waals surface area contributed by atoms with E-state index in [9.17, 15) is 0 Å². The number of fused-ring (bicyclic) bond motifs is 4. The number of ether oxygens (including phenoxy) is 1. The van der Waals surface area contributed by atoms with Gasteiger partial charge in [0.05, 0.1) is 22.7 Å². The zero-order valence-electron chi connectivity index (χ0n) is 42.4. The van der Waals surface area contributed by atoms with Crippen LogP contribution in [0.15, 0.2) is 170 Å². The van der Waals surface area contributed by atoms with Crippen LogP contribution in [-0.2, 0) is 21.7 Å². The van der Waals surface area contributed by atoms with Crippen LogP contribution < -0.4 is 13.9 Å². The minimum atomic E-state index is -0.0565. The summed E-state index contributed by atoms with van der Waals surface area (Å²) in [5.41, 5.74) is 15.9. The molecule has 0 saturated heterocycles. The van der Waals surface area contributed by atoms with E-state index in [1.165, 1.54) is 44.3 Å². The first-order chi connectivity index (χ1) is 32.7. The summed E-state index contributed by atoms with van der Waals surface area (Å²) in [4.78, 5) is 4.99. The van der Waals surface area contributed by atoms with Crippen LogP contribution >= 0.6 is 0 Å². The Labute approximate surface area is 408 Å². The van der Waals surface area contributed by atoms with Gasteiger partial charge in [0, 0.05) is 47.3 Å². The lowest BCUT2D eigenvalue weighted by molar-refractivity contribution is 0.483. The Hall–Kier alpha value is -7.33. The lowest BCUT2D eigenvalue weighted by atomic mass is 9.80. The van der Waals surface area contributed by atoms with Gasteiger partial charge in [-0.1, -0.05) is 168 Å². The van der Waals surface area contributed by atoms with Crippen molar-refractivity contribution in [3.05, 3.63) is 192 Å². The van der Waals surface area contributed by atoms with E-state index >= 15 is 0 Å². The lowest BCUT2D eigenvalue weighted by Gasteiger charge is -2.24. The first-order valence-electron chi connectivity index (χ1n) is 24.4. The highest BCUT2D eigenvalue weighted by molar-refractivity contribution is 6.16. The minimum Gasteiger partial charge on any atom is -0.457 e. The molecule has 69 heavy (non-hydrogen) atoms. The first-order valence-corrected chi connectivity index (χ1v) is 24.4. The third-order valence-corrected chi connectivity index (χ3v) is 13.6. The van der Waals surface area contributed by atoms with E-state index in [-0.39, 0.29) is 21.7 Å². The van der Waals surface area contributed by atoms with Gasteiger partial charge in [-0.25, -0.2) is 4.98 Å². The van der Waals surface area contributed by atoms with E-state index in [1.54, 1.807) is 0 Å². The normalized spacial score (nSPS) is 13.2. The van der Waals surface area contributed by atoms with Gasteiger partial charge in [-0.15, -0.1) is 0 Å². The Bertz CT molecular complexity index is 3510. The molecule has 0 fully saturated rings. The predicted octanol–water partition coefficient (Wildman–Crippen LogP) is 17.4. The molecule has 0 atom stereocenters. The molecule has 10 rings (SSSR count). The van der Waals surface area contributed by atoms with E-state index in [2.05, 4.69) is 261 Å². The fraction of sp³-hybridized carbons (Fsp3) is 0.250. The highest BCUT2D eigenvalue weighted by Crippen LogP contribution is 2.46. The van der Waals surface area contributed by atoms with Gasteiger partial charge in [0.2, 0.25) is 11.4 Å². The summed E-state index contributed by atoms with van der Waals surface area (Å²) in [7, 11) is 0. The number of hydrogen-bond acceptors (Lipinski definition) is 2. The van der Waals surface area contributed by atoms with E-state index in [4.69, 9.17) is 9.72 Å². The van der Waals surface area contributed by atoms with Gasteiger partial charge in [-0.3, -0.25) is 4.57 Å². The van der Waals surface area contributed by atoms with Crippen molar-refractivity contribution in [2.75, 3.05) is 0 Å². The maximum atomic E-state index is 6.91. The molecular formula is C64H64N4O+2. The molecule has 1 aliphatic rings. The van der Waals surface area contributed by atoms with E-state index in [1.807, 2.05) is 12.3 Å². The Morgan fingerprint density at radius 3 is 1.78 bits per heavy atom. The summed E-state index contributed by atoms with van der Waals surface area (Å²) in [5, 5.41) is 2.33. The molecule has 0 spiro atoms. The van der Waals surface area contributed by atoms with E-state index < -0.39 is 0 Å². The summed E-state index contributed by atoms with van der Waals surface area (Å²) < 4.78 is 13.7. The largest absolute Gasteiger partial charge is 0.503 e. The molecule has 0 aliphatic carbocycles. The molecule has 0 bridgehead atoms. The van der Waals surface area contributed by atoms with Crippen LogP contribution in [-0.4, -0.2) is 15.6 Å². The molecule has 0 saturated carbocycles. The van der Waals surface area contributed by atoms with E-state index in [0.717, 1.165) is 62.0 Å². The van der Waals surface area contributed by atoms with Gasteiger partial charge in [0.25, 0.3) is 5.69 Å². The van der Waals surface area contributed by atoms with Crippen LogP contribution in [0.1, 0.15) is 105 Å². The molecule has 0 radical (unpaired) electrons. The molecule has 0 unspecified atom stereocenters. The van der Waals surface area contributed by atoms with Crippen LogP contribution in [0, 0.1) is 0 Å². The van der Waals surface area contributed by atoms with Crippen molar-refractivity contribution < 1.29 is 4.74 Å². The molecule has 9 aromatic rings. The molecule has 5 nitrogen and oxygen atoms in total. The number of para-hydroxylation sites is 1. The average molecular weight is 905 g/mol. The van der Waals surface area contributed by atoms with Crippen molar-refractivity contribution in [1.82, 2.24) is 18.7 Å². The number of aromatic nitrogens is 2. The quantitative estimate of drug-likeness (QED) is 0.149. The molecule has 1 aliphatic heterocycles. The van der Waals surface area contributed by atoms with Gasteiger partial charge in [0.1, 0.15) is 17.3 Å². The predicted molar refractivity (Wildman–Crippen MR) is 292 cm³/mol. The molecule has 0 N–H and O–H groups in total. The number of rotatable bonds is 7. The second kappa shape index (κ2) is 16.7. The van der Waals surface area contributed by atoms with Crippen LogP contribution in [0.5, 0.6) is 11.5 Å². The number of benzene rings is 7. The zero-order valence-corrected chi connectivity index (χ0v) is 42.4. The van der Waals surface area contributed by atoms with Crippen molar-refractivity contribution in [2.45, 2.75) is 105 Å². The molecule has 5 heteroatoms. The van der Waals surface area contributed by atoms with Crippen molar-refractivity contribution in [2.24, 2.45) is 0 Å². The van der Waals surface area contributed by atoms with Gasteiger partial charge >= 0.3 is 11.7 Å². The van der Waals surface area contributed by atoms with Crippen LogP contribution in [0.3, 0.4) is 0 Å². The fourth-order valence-electron chi connectivity index (χ4n) is 9.57. The first kappa shape index (κ1) is 45.5. The maximum Gasteiger partial charge on any atom is 0.503 e. The highest BCUT2D eigenvalue weighted by Gasteiger charge is 2.41. The Balaban J connectivity index is 1.13. The van der Waals surface area contributed by atoms with Crippen molar-refractivity contribution in [3.8, 4) is 39.6 Å². The standard InChI is InChI=1S/C64H64N4O/c1-61(2,3)44-23-16-22-43(34-44)53-27-19-29-56-60(53)67(49-36-46(63(7,8)9)35-47(37-49)64(10,11)12)41-66(56)48-24-17-25-50(39-48)69-51-30-31-54-57(40-51)68(58-38-45(32-33-65-58)62(4,5)6)55-28-18-26-52(59(54)55)42-20-14-13-15-21-42/h13-40H,1-12H3/q+2. The summed E-state index contributed by atoms with van der Waals surface area (Å²) in [6.45, 7) is 27.4. The molecular weight excluding hydrogens is 841 g/mol. The van der Waals surface area contributed by atoms with Gasteiger partial charge in [-0.05, 0) is 112 Å². The van der Waals surface area contributed by atoms with Crippen molar-refractivity contribution in [1.29, 1.82) is 0 Å². The highest BCUT2D eigenvalue weighted by atomic mass is 16.5. The monoisotopic (exact) mass is 905 g/mol. The second-order valence-electron chi connectivity index (χ2n) is 22.9. The third kappa shape index (κ3) is 8.62. The molecule has 7 aromatic carbocycles. The Morgan fingerprint density at radius 1 is 0.449 bits per heavy atom. The Morgan fingerprint density at radius 2 is 1.07 bits per heavy atom. The lowest BCUT2D eigenvalue weighted by Crippen LogP contribution is -2.17. The molecule has 2 aromatic heterocycles. The number of nitrogens with zero attached hydrogens (tertiary/aromatic N) is 4. The Kier molecular flexibility index (Phi) is 11.0. The van der Waals surface area contributed by atoms with Gasteiger partial charge < -0.3 is 4.74 Å². The van der Waals surface area contributed by atoms with Gasteiger partial charge in [-0.2, -0.15) is 0 Å². The fourth-order valence-corrected chi connectivity index (χ4v) is 9.57. The summed E-state index contributed by atoms with van der Waals surface area (Å²) in [6, 6.07) is 63.1. The molecule has 344 valence electrons. The average Bonchev–Trinajstić information content (AvgIpc) is 3.87. The van der Waals surface area contributed by atoms with Crippen LogP contribution in [0.4, 0.5) is 22.7 Å². The molecule has 3 heterocycles. The topological polar surface area (TPSA) is 33.1 Å². The SMILES string of the molecule is CC(C)(C)c1cccc(-c2cccc3c2[N+](c2cc(C(C)(C)C)cc(C(C)(C)C)c2)=C=[N+]3c2cccc(Oc3ccc4c5c(-c6ccccc6)cccc5n(-c5cc(C(C)(C)C)ccn5)c4c3)c2)c1.